The van der Waals surface area contributed by atoms with E-state index < -0.39 is 0 Å². The van der Waals surface area contributed by atoms with Gasteiger partial charge in [0.2, 0.25) is 0 Å². The lowest BCUT2D eigenvalue weighted by molar-refractivity contribution is 0.0780. The molecular formula is C14H19N3O. The Labute approximate surface area is 107 Å². The maximum atomic E-state index is 12.4. The highest BCUT2D eigenvalue weighted by molar-refractivity contribution is 5.94. The molecule has 0 spiro atoms. The summed E-state index contributed by atoms with van der Waals surface area (Å²) in [6.07, 6.45) is 5.59. The molecule has 2 N–H and O–H groups in total. The fourth-order valence-electron chi connectivity index (χ4n) is 3.31. The van der Waals surface area contributed by atoms with Gasteiger partial charge in [-0.3, -0.25) is 9.78 Å². The van der Waals surface area contributed by atoms with Crippen LogP contribution in [0.3, 0.4) is 0 Å². The summed E-state index contributed by atoms with van der Waals surface area (Å²) in [6.45, 7) is 2.25. The molecule has 1 saturated heterocycles. The van der Waals surface area contributed by atoms with Gasteiger partial charge in [0, 0.05) is 31.4 Å². The van der Waals surface area contributed by atoms with Crippen molar-refractivity contribution < 1.29 is 4.79 Å². The molecule has 1 amide bonds. The molecule has 4 nitrogen and oxygen atoms in total. The zero-order valence-electron chi connectivity index (χ0n) is 10.5. The Morgan fingerprint density at radius 1 is 1.39 bits per heavy atom. The summed E-state index contributed by atoms with van der Waals surface area (Å²) in [7, 11) is 0. The number of rotatable bonds is 2. The monoisotopic (exact) mass is 245 g/mol. The minimum atomic E-state index is 0.140. The summed E-state index contributed by atoms with van der Waals surface area (Å²) in [6, 6.07) is 3.60. The van der Waals surface area contributed by atoms with Crippen molar-refractivity contribution >= 4 is 5.91 Å². The van der Waals surface area contributed by atoms with Crippen LogP contribution < -0.4 is 5.73 Å². The van der Waals surface area contributed by atoms with Crippen LogP contribution in [0.5, 0.6) is 0 Å². The normalized spacial score (nSPS) is 26.4. The molecule has 96 valence electrons. The van der Waals surface area contributed by atoms with E-state index in [2.05, 4.69) is 4.98 Å². The smallest absolute Gasteiger partial charge is 0.253 e. The van der Waals surface area contributed by atoms with Gasteiger partial charge in [-0.2, -0.15) is 0 Å². The van der Waals surface area contributed by atoms with E-state index in [1.165, 1.54) is 19.3 Å². The summed E-state index contributed by atoms with van der Waals surface area (Å²) in [5, 5.41) is 0. The van der Waals surface area contributed by atoms with Crippen molar-refractivity contribution in [2.24, 2.45) is 17.6 Å². The van der Waals surface area contributed by atoms with Gasteiger partial charge in [0.05, 0.1) is 5.69 Å². The Hall–Kier alpha value is -1.42. The topological polar surface area (TPSA) is 59.2 Å². The molecule has 1 aromatic rings. The molecule has 1 aromatic heterocycles. The van der Waals surface area contributed by atoms with Gasteiger partial charge in [-0.1, -0.05) is 6.42 Å². The van der Waals surface area contributed by atoms with E-state index in [1.807, 2.05) is 11.0 Å². The molecule has 2 aliphatic rings. The van der Waals surface area contributed by atoms with Gasteiger partial charge in [0.1, 0.15) is 0 Å². The van der Waals surface area contributed by atoms with Gasteiger partial charge in [-0.25, -0.2) is 0 Å². The number of carbonyl (C=O) groups is 1. The van der Waals surface area contributed by atoms with Crippen LogP contribution in [-0.2, 0) is 6.54 Å². The molecule has 1 aliphatic heterocycles. The number of hydrogen-bond donors (Lipinski definition) is 1. The van der Waals surface area contributed by atoms with Gasteiger partial charge in [-0.15, -0.1) is 0 Å². The van der Waals surface area contributed by atoms with Crippen molar-refractivity contribution in [1.29, 1.82) is 0 Å². The van der Waals surface area contributed by atoms with Crippen LogP contribution in [0.2, 0.25) is 0 Å². The number of pyridine rings is 1. The Morgan fingerprint density at radius 2 is 2.11 bits per heavy atom. The SMILES string of the molecule is NCc1cc(C(=O)N2CC3CCCC3C2)ccn1. The summed E-state index contributed by atoms with van der Waals surface area (Å²) >= 11 is 0. The number of carbonyl (C=O) groups excluding carboxylic acids is 1. The molecule has 4 heteroatoms. The first kappa shape index (κ1) is 11.7. The first-order valence-electron chi connectivity index (χ1n) is 6.72. The van der Waals surface area contributed by atoms with Crippen molar-refractivity contribution in [2.75, 3.05) is 13.1 Å². The highest BCUT2D eigenvalue weighted by Gasteiger charge is 2.38. The summed E-state index contributed by atoms with van der Waals surface area (Å²) < 4.78 is 0. The van der Waals surface area contributed by atoms with Crippen LogP contribution >= 0.6 is 0 Å². The molecule has 2 unspecified atom stereocenters. The number of nitrogens with zero attached hydrogens (tertiary/aromatic N) is 2. The van der Waals surface area contributed by atoms with Crippen LogP contribution in [0.4, 0.5) is 0 Å². The lowest BCUT2D eigenvalue weighted by Gasteiger charge is -2.17. The average molecular weight is 245 g/mol. The van der Waals surface area contributed by atoms with E-state index in [4.69, 9.17) is 5.73 Å². The lowest BCUT2D eigenvalue weighted by Crippen LogP contribution is -2.29. The fraction of sp³-hybridized carbons (Fsp3) is 0.571. The third-order valence-corrected chi connectivity index (χ3v) is 4.29. The van der Waals surface area contributed by atoms with Crippen LogP contribution in [0.1, 0.15) is 35.3 Å². The van der Waals surface area contributed by atoms with E-state index in [0.717, 1.165) is 36.2 Å². The number of fused-ring (bicyclic) bond motifs is 1. The van der Waals surface area contributed by atoms with Crippen molar-refractivity contribution in [3.63, 3.8) is 0 Å². The predicted octanol–water partition coefficient (Wildman–Crippen LogP) is 1.41. The number of hydrogen-bond acceptors (Lipinski definition) is 3. The number of likely N-dealkylation sites (tertiary alicyclic amines) is 1. The molecule has 1 aliphatic carbocycles. The molecule has 2 fully saturated rings. The summed E-state index contributed by atoms with van der Waals surface area (Å²) in [4.78, 5) is 18.5. The number of amides is 1. The number of aromatic nitrogens is 1. The van der Waals surface area contributed by atoms with Gasteiger partial charge in [0.15, 0.2) is 0 Å². The Balaban J connectivity index is 1.74. The molecule has 2 atom stereocenters. The van der Waals surface area contributed by atoms with E-state index >= 15 is 0 Å². The summed E-state index contributed by atoms with van der Waals surface area (Å²) in [5.41, 5.74) is 7.06. The van der Waals surface area contributed by atoms with Gasteiger partial charge in [0.25, 0.3) is 5.91 Å². The maximum Gasteiger partial charge on any atom is 0.253 e. The number of nitrogens with two attached hydrogens (primary N) is 1. The predicted molar refractivity (Wildman–Crippen MR) is 68.9 cm³/mol. The second-order valence-corrected chi connectivity index (χ2v) is 5.40. The highest BCUT2D eigenvalue weighted by Crippen LogP contribution is 2.38. The van der Waals surface area contributed by atoms with Gasteiger partial charge < -0.3 is 10.6 Å². The summed E-state index contributed by atoms with van der Waals surface area (Å²) in [5.74, 6) is 1.62. The van der Waals surface area contributed by atoms with Crippen LogP contribution in [0.15, 0.2) is 18.3 Å². The molecule has 0 radical (unpaired) electrons. The van der Waals surface area contributed by atoms with E-state index in [1.54, 1.807) is 12.3 Å². The third kappa shape index (κ3) is 2.01. The minimum Gasteiger partial charge on any atom is -0.338 e. The fourth-order valence-corrected chi connectivity index (χ4v) is 3.31. The quantitative estimate of drug-likeness (QED) is 0.857. The molecule has 1 saturated carbocycles. The van der Waals surface area contributed by atoms with Crippen LogP contribution in [0.25, 0.3) is 0 Å². The van der Waals surface area contributed by atoms with Crippen LogP contribution in [0, 0.1) is 11.8 Å². The molecular weight excluding hydrogens is 226 g/mol. The molecule has 2 heterocycles. The highest BCUT2D eigenvalue weighted by atomic mass is 16.2. The zero-order valence-corrected chi connectivity index (χ0v) is 10.5. The van der Waals surface area contributed by atoms with Gasteiger partial charge in [-0.05, 0) is 36.8 Å². The Kier molecular flexibility index (Phi) is 3.04. The first-order valence-corrected chi connectivity index (χ1v) is 6.72. The Morgan fingerprint density at radius 3 is 2.78 bits per heavy atom. The van der Waals surface area contributed by atoms with Crippen molar-refractivity contribution in [2.45, 2.75) is 25.8 Å². The lowest BCUT2D eigenvalue weighted by atomic mass is 10.0. The van der Waals surface area contributed by atoms with Crippen LogP contribution in [-0.4, -0.2) is 28.9 Å². The molecule has 18 heavy (non-hydrogen) atoms. The third-order valence-electron chi connectivity index (χ3n) is 4.29. The maximum absolute atomic E-state index is 12.4. The van der Waals surface area contributed by atoms with E-state index in [-0.39, 0.29) is 5.91 Å². The molecule has 0 aromatic carbocycles. The van der Waals surface area contributed by atoms with E-state index in [0.29, 0.717) is 6.54 Å². The zero-order chi connectivity index (χ0) is 12.5. The Bertz CT molecular complexity index is 448. The minimum absolute atomic E-state index is 0.140. The standard InChI is InChI=1S/C14H19N3O/c15-7-13-6-10(4-5-16-13)14(18)17-8-11-2-1-3-12(11)9-17/h4-6,11-12H,1-3,7-9,15H2. The molecule has 0 bridgehead atoms. The van der Waals surface area contributed by atoms with E-state index in [9.17, 15) is 4.79 Å². The van der Waals surface area contributed by atoms with Crippen molar-refractivity contribution in [3.05, 3.63) is 29.6 Å². The second-order valence-electron chi connectivity index (χ2n) is 5.40. The van der Waals surface area contributed by atoms with Crippen molar-refractivity contribution in [1.82, 2.24) is 9.88 Å². The molecule has 3 rings (SSSR count). The van der Waals surface area contributed by atoms with Gasteiger partial charge >= 0.3 is 0 Å². The van der Waals surface area contributed by atoms with Crippen molar-refractivity contribution in [3.8, 4) is 0 Å². The first-order chi connectivity index (χ1) is 8.78. The average Bonchev–Trinajstić information content (AvgIpc) is 2.98. The largest absolute Gasteiger partial charge is 0.338 e. The second kappa shape index (κ2) is 4.69.